The molecule has 0 unspecified atom stereocenters. The number of aromatic hydroxyl groups is 3. The predicted octanol–water partition coefficient (Wildman–Crippen LogP) is 2.06. The van der Waals surface area contributed by atoms with E-state index in [1.54, 1.807) is 12.1 Å². The molecule has 0 heterocycles. The number of phenols is 3. The first-order valence-corrected chi connectivity index (χ1v) is 5.18. The molecule has 0 aromatic heterocycles. The summed E-state index contributed by atoms with van der Waals surface area (Å²) < 4.78 is 0. The van der Waals surface area contributed by atoms with Crippen LogP contribution in [0.4, 0.5) is 5.69 Å². The van der Waals surface area contributed by atoms with Gasteiger partial charge in [0, 0.05) is 11.8 Å². The van der Waals surface area contributed by atoms with Crippen LogP contribution in [0.1, 0.15) is 10.4 Å². The molecule has 4 N–H and O–H groups in total. The van der Waals surface area contributed by atoms with Crippen LogP contribution in [0.15, 0.2) is 42.5 Å². The highest BCUT2D eigenvalue weighted by Gasteiger charge is 2.12. The lowest BCUT2D eigenvalue weighted by Gasteiger charge is -2.07. The Kier molecular flexibility index (Phi) is 3.05. The van der Waals surface area contributed by atoms with E-state index in [9.17, 15) is 20.1 Å². The number of hydrogen-bond acceptors (Lipinski definition) is 4. The lowest BCUT2D eigenvalue weighted by Crippen LogP contribution is -2.11. The van der Waals surface area contributed by atoms with Gasteiger partial charge in [0.2, 0.25) is 0 Å². The van der Waals surface area contributed by atoms with Crippen molar-refractivity contribution in [2.24, 2.45) is 0 Å². The van der Waals surface area contributed by atoms with Crippen LogP contribution in [-0.4, -0.2) is 21.2 Å². The molecule has 0 saturated heterocycles. The number of benzene rings is 2. The molecule has 0 atom stereocenters. The second-order valence-electron chi connectivity index (χ2n) is 3.71. The summed E-state index contributed by atoms with van der Waals surface area (Å²) in [5.74, 6) is -0.902. The van der Waals surface area contributed by atoms with Gasteiger partial charge in [0.15, 0.2) is 0 Å². The van der Waals surface area contributed by atoms with Gasteiger partial charge in [0.25, 0.3) is 5.91 Å². The van der Waals surface area contributed by atoms with Gasteiger partial charge in [0.1, 0.15) is 17.2 Å². The molecular weight excluding hydrogens is 234 g/mol. The third-order valence-electron chi connectivity index (χ3n) is 2.33. The molecule has 0 aliphatic rings. The van der Waals surface area contributed by atoms with E-state index in [0.29, 0.717) is 5.69 Å². The third-order valence-corrected chi connectivity index (χ3v) is 2.33. The molecule has 18 heavy (non-hydrogen) atoms. The van der Waals surface area contributed by atoms with E-state index in [-0.39, 0.29) is 22.8 Å². The van der Waals surface area contributed by atoms with Crippen LogP contribution < -0.4 is 5.32 Å². The molecule has 2 aromatic carbocycles. The molecule has 0 aliphatic carbocycles. The predicted molar refractivity (Wildman–Crippen MR) is 65.8 cm³/mol. The standard InChI is InChI=1S/C13H11NO4/c15-9-3-1-2-8(6-9)14-13(18)11-7-10(16)4-5-12(11)17/h1-7,15-17H,(H,14,18). The molecule has 0 spiro atoms. The van der Waals surface area contributed by atoms with Crippen molar-refractivity contribution in [1.29, 1.82) is 0 Å². The van der Waals surface area contributed by atoms with Crippen LogP contribution in [-0.2, 0) is 0 Å². The van der Waals surface area contributed by atoms with Gasteiger partial charge in [-0.05, 0) is 30.3 Å². The maximum atomic E-state index is 11.8. The van der Waals surface area contributed by atoms with Gasteiger partial charge in [0.05, 0.1) is 5.56 Å². The minimum absolute atomic E-state index is 0.0212. The molecule has 2 rings (SSSR count). The van der Waals surface area contributed by atoms with Gasteiger partial charge < -0.3 is 20.6 Å². The van der Waals surface area contributed by atoms with Crippen LogP contribution in [0.5, 0.6) is 17.2 Å². The molecular formula is C13H11NO4. The first-order valence-electron chi connectivity index (χ1n) is 5.18. The smallest absolute Gasteiger partial charge is 0.259 e. The van der Waals surface area contributed by atoms with Gasteiger partial charge in [-0.1, -0.05) is 6.07 Å². The zero-order valence-corrected chi connectivity index (χ0v) is 9.29. The van der Waals surface area contributed by atoms with E-state index in [1.165, 1.54) is 24.3 Å². The first-order chi connectivity index (χ1) is 8.56. The average molecular weight is 245 g/mol. The first kappa shape index (κ1) is 11.8. The highest BCUT2D eigenvalue weighted by Crippen LogP contribution is 2.23. The maximum absolute atomic E-state index is 11.8. The Morgan fingerprint density at radius 2 is 1.67 bits per heavy atom. The molecule has 92 valence electrons. The van der Waals surface area contributed by atoms with Crippen molar-refractivity contribution in [2.75, 3.05) is 5.32 Å². The molecule has 5 heteroatoms. The molecule has 0 bridgehead atoms. The summed E-state index contributed by atoms with van der Waals surface area (Å²) >= 11 is 0. The fourth-order valence-corrected chi connectivity index (χ4v) is 1.49. The highest BCUT2D eigenvalue weighted by atomic mass is 16.3. The number of amides is 1. The highest BCUT2D eigenvalue weighted by molar-refractivity contribution is 6.06. The number of carbonyl (C=O) groups is 1. The fourth-order valence-electron chi connectivity index (χ4n) is 1.49. The number of nitrogens with one attached hydrogen (secondary N) is 1. The molecule has 0 fully saturated rings. The van der Waals surface area contributed by atoms with Crippen LogP contribution >= 0.6 is 0 Å². The van der Waals surface area contributed by atoms with Crippen molar-refractivity contribution in [2.45, 2.75) is 0 Å². The summed E-state index contributed by atoms with van der Waals surface area (Å²) in [5, 5.41) is 30.5. The maximum Gasteiger partial charge on any atom is 0.259 e. The van der Waals surface area contributed by atoms with Crippen molar-refractivity contribution >= 4 is 11.6 Å². The Morgan fingerprint density at radius 1 is 0.944 bits per heavy atom. The summed E-state index contributed by atoms with van der Waals surface area (Å²) in [6.07, 6.45) is 0. The lowest BCUT2D eigenvalue weighted by molar-refractivity contribution is 0.102. The zero-order chi connectivity index (χ0) is 13.1. The molecule has 5 nitrogen and oxygen atoms in total. The topological polar surface area (TPSA) is 89.8 Å². The summed E-state index contributed by atoms with van der Waals surface area (Å²) in [7, 11) is 0. The molecule has 1 amide bonds. The Hall–Kier alpha value is -2.69. The number of anilines is 1. The summed E-state index contributed by atoms with van der Waals surface area (Å²) in [6, 6.07) is 9.69. The molecule has 0 radical (unpaired) electrons. The number of carbonyl (C=O) groups excluding carboxylic acids is 1. The minimum Gasteiger partial charge on any atom is -0.508 e. The number of phenolic OH excluding ortho intramolecular Hbond substituents is 3. The van der Waals surface area contributed by atoms with E-state index in [1.807, 2.05) is 0 Å². The average Bonchev–Trinajstić information content (AvgIpc) is 2.32. The van der Waals surface area contributed by atoms with Crippen molar-refractivity contribution in [3.63, 3.8) is 0 Å². The van der Waals surface area contributed by atoms with Crippen molar-refractivity contribution in [3.05, 3.63) is 48.0 Å². The van der Waals surface area contributed by atoms with Crippen LogP contribution in [0.25, 0.3) is 0 Å². The van der Waals surface area contributed by atoms with E-state index in [0.717, 1.165) is 6.07 Å². The molecule has 2 aromatic rings. The lowest BCUT2D eigenvalue weighted by atomic mass is 10.1. The second-order valence-corrected chi connectivity index (χ2v) is 3.71. The van der Waals surface area contributed by atoms with E-state index >= 15 is 0 Å². The molecule has 0 saturated carbocycles. The Labute approximate surface area is 103 Å². The van der Waals surface area contributed by atoms with Gasteiger partial charge in [-0.15, -0.1) is 0 Å². The normalized spacial score (nSPS) is 10.0. The summed E-state index contributed by atoms with van der Waals surface area (Å²) in [6.45, 7) is 0. The zero-order valence-electron chi connectivity index (χ0n) is 9.29. The third kappa shape index (κ3) is 2.52. The van der Waals surface area contributed by atoms with E-state index in [4.69, 9.17) is 0 Å². The Morgan fingerprint density at radius 3 is 2.39 bits per heavy atom. The summed E-state index contributed by atoms with van der Waals surface area (Å²) in [5.41, 5.74) is 0.348. The largest absolute Gasteiger partial charge is 0.508 e. The van der Waals surface area contributed by atoms with Crippen LogP contribution in [0.2, 0.25) is 0 Å². The monoisotopic (exact) mass is 245 g/mol. The van der Waals surface area contributed by atoms with Gasteiger partial charge >= 0.3 is 0 Å². The number of hydrogen-bond donors (Lipinski definition) is 4. The van der Waals surface area contributed by atoms with Gasteiger partial charge in [-0.25, -0.2) is 0 Å². The van der Waals surface area contributed by atoms with Gasteiger partial charge in [-0.2, -0.15) is 0 Å². The van der Waals surface area contributed by atoms with Gasteiger partial charge in [-0.3, -0.25) is 4.79 Å². The Bertz CT molecular complexity index is 595. The minimum atomic E-state index is -0.575. The number of rotatable bonds is 2. The van der Waals surface area contributed by atoms with E-state index < -0.39 is 5.91 Å². The van der Waals surface area contributed by atoms with E-state index in [2.05, 4.69) is 5.32 Å². The second kappa shape index (κ2) is 4.67. The SMILES string of the molecule is O=C(Nc1cccc(O)c1)c1cc(O)ccc1O. The fraction of sp³-hybridized carbons (Fsp3) is 0. The van der Waals surface area contributed by atoms with Crippen LogP contribution in [0, 0.1) is 0 Å². The molecule has 0 aliphatic heterocycles. The van der Waals surface area contributed by atoms with Crippen molar-refractivity contribution in [3.8, 4) is 17.2 Å². The Balaban J connectivity index is 2.24. The quantitative estimate of drug-likeness (QED) is 0.609. The summed E-state index contributed by atoms with van der Waals surface area (Å²) in [4.78, 5) is 11.8. The van der Waals surface area contributed by atoms with Crippen molar-refractivity contribution < 1.29 is 20.1 Å². The van der Waals surface area contributed by atoms with Crippen molar-refractivity contribution in [1.82, 2.24) is 0 Å². The van der Waals surface area contributed by atoms with Crippen LogP contribution in [0.3, 0.4) is 0 Å².